The number of anilines is 2. The van der Waals surface area contributed by atoms with Crippen LogP contribution in [0.2, 0.25) is 0 Å². The van der Waals surface area contributed by atoms with Crippen LogP contribution in [0, 0.1) is 13.8 Å². The highest BCUT2D eigenvalue weighted by Crippen LogP contribution is 2.31. The average molecular weight is 489 g/mol. The molecule has 1 amide bonds. The molecule has 0 fully saturated rings. The highest BCUT2D eigenvalue weighted by Gasteiger charge is 2.22. The number of ether oxygens (including phenoxy) is 1. The van der Waals surface area contributed by atoms with E-state index in [-0.39, 0.29) is 10.6 Å². The first kappa shape index (κ1) is 23.9. The number of nitrogens with zero attached hydrogens (tertiary/aromatic N) is 2. The van der Waals surface area contributed by atoms with Crippen LogP contribution in [0.25, 0.3) is 11.3 Å². The van der Waals surface area contributed by atoms with Gasteiger partial charge in [0.2, 0.25) is 0 Å². The van der Waals surface area contributed by atoms with Crippen molar-refractivity contribution in [1.82, 2.24) is 9.97 Å². The van der Waals surface area contributed by atoms with Gasteiger partial charge in [-0.05, 0) is 55.3 Å². The summed E-state index contributed by atoms with van der Waals surface area (Å²) in [5.74, 6) is -0.238. The summed E-state index contributed by atoms with van der Waals surface area (Å²) in [5, 5.41) is 2.76. The monoisotopic (exact) mass is 488 g/mol. The minimum Gasteiger partial charge on any atom is -0.495 e. The zero-order valence-corrected chi connectivity index (χ0v) is 20.3. The molecule has 0 aliphatic rings. The third kappa shape index (κ3) is 5.30. The maximum absolute atomic E-state index is 13.3. The van der Waals surface area contributed by atoms with Gasteiger partial charge >= 0.3 is 0 Å². The molecular weight excluding hydrogens is 464 g/mol. The van der Waals surface area contributed by atoms with Gasteiger partial charge in [-0.25, -0.2) is 8.42 Å². The highest BCUT2D eigenvalue weighted by molar-refractivity contribution is 7.92. The number of rotatable bonds is 7. The van der Waals surface area contributed by atoms with Crippen molar-refractivity contribution >= 4 is 27.3 Å². The molecule has 9 heteroatoms. The van der Waals surface area contributed by atoms with Crippen LogP contribution in [-0.4, -0.2) is 31.4 Å². The topological polar surface area (TPSA) is 110 Å². The smallest absolute Gasteiger partial charge is 0.265 e. The Bertz CT molecular complexity index is 1470. The predicted octanol–water partition coefficient (Wildman–Crippen LogP) is 4.82. The molecule has 8 nitrogen and oxygen atoms in total. The summed E-state index contributed by atoms with van der Waals surface area (Å²) in [4.78, 5) is 21.2. The molecule has 35 heavy (non-hydrogen) atoms. The van der Waals surface area contributed by atoms with E-state index in [1.165, 1.54) is 19.2 Å². The molecule has 0 radical (unpaired) electrons. The number of aryl methyl sites for hydroxylation is 2. The minimum atomic E-state index is -4.01. The molecule has 2 N–H and O–H groups in total. The minimum absolute atomic E-state index is 0.0891. The molecule has 1 aromatic heterocycles. The SMILES string of the molecule is COc1ccc(NC(=O)c2cccc(-c3cnccn3)c2)cc1S(=O)(=O)Nc1c(C)cccc1C. The molecule has 0 spiro atoms. The van der Waals surface area contributed by atoms with Gasteiger partial charge in [-0.1, -0.05) is 30.3 Å². The molecule has 0 saturated heterocycles. The molecule has 0 bridgehead atoms. The molecule has 0 aliphatic heterocycles. The largest absolute Gasteiger partial charge is 0.495 e. The van der Waals surface area contributed by atoms with Crippen LogP contribution in [0.3, 0.4) is 0 Å². The van der Waals surface area contributed by atoms with Crippen LogP contribution in [0.4, 0.5) is 11.4 Å². The number of benzene rings is 3. The molecule has 0 aliphatic carbocycles. The van der Waals surface area contributed by atoms with E-state index >= 15 is 0 Å². The summed E-state index contributed by atoms with van der Waals surface area (Å²) >= 11 is 0. The number of hydrogen-bond acceptors (Lipinski definition) is 6. The van der Waals surface area contributed by atoms with Gasteiger partial charge in [0.15, 0.2) is 0 Å². The van der Waals surface area contributed by atoms with E-state index < -0.39 is 15.9 Å². The number of carbonyl (C=O) groups is 1. The lowest BCUT2D eigenvalue weighted by molar-refractivity contribution is 0.102. The fraction of sp³-hybridized carbons (Fsp3) is 0.115. The normalized spacial score (nSPS) is 11.1. The van der Waals surface area contributed by atoms with Crippen molar-refractivity contribution in [2.24, 2.45) is 0 Å². The lowest BCUT2D eigenvalue weighted by Crippen LogP contribution is -2.17. The molecule has 0 atom stereocenters. The standard InChI is InChI=1S/C26H24N4O4S/c1-17-6-4-7-18(2)25(17)30-35(32,33)24-15-21(10-11-23(24)34-3)29-26(31)20-9-5-8-19(14-20)22-16-27-12-13-28-22/h4-16,30H,1-3H3,(H,29,31). The summed E-state index contributed by atoms with van der Waals surface area (Å²) in [5.41, 5.74) is 4.16. The summed E-state index contributed by atoms with van der Waals surface area (Å²) < 4.78 is 34.5. The van der Waals surface area contributed by atoms with Gasteiger partial charge in [0.25, 0.3) is 15.9 Å². The summed E-state index contributed by atoms with van der Waals surface area (Å²) in [6.45, 7) is 3.65. The van der Waals surface area contributed by atoms with Gasteiger partial charge in [-0.15, -0.1) is 0 Å². The van der Waals surface area contributed by atoms with Gasteiger partial charge in [0.1, 0.15) is 10.6 Å². The van der Waals surface area contributed by atoms with Crippen LogP contribution in [0.15, 0.2) is 84.1 Å². The van der Waals surface area contributed by atoms with Crippen LogP contribution in [0.1, 0.15) is 21.5 Å². The van der Waals surface area contributed by atoms with Crippen molar-refractivity contribution in [3.8, 4) is 17.0 Å². The Labute approximate surface area is 204 Å². The van der Waals surface area contributed by atoms with Crippen molar-refractivity contribution in [3.63, 3.8) is 0 Å². The summed E-state index contributed by atoms with van der Waals surface area (Å²) in [7, 11) is -2.62. The molecule has 1 heterocycles. The fourth-order valence-electron chi connectivity index (χ4n) is 3.60. The zero-order valence-electron chi connectivity index (χ0n) is 19.4. The Hall–Kier alpha value is -4.24. The average Bonchev–Trinajstić information content (AvgIpc) is 2.87. The number of para-hydroxylation sites is 1. The number of carbonyl (C=O) groups excluding carboxylic acids is 1. The Morgan fingerprint density at radius 1 is 0.943 bits per heavy atom. The van der Waals surface area contributed by atoms with E-state index in [9.17, 15) is 13.2 Å². The summed E-state index contributed by atoms with van der Waals surface area (Å²) in [6.07, 6.45) is 4.76. The molecule has 0 unspecified atom stereocenters. The first-order valence-corrected chi connectivity index (χ1v) is 12.2. The van der Waals surface area contributed by atoms with Gasteiger partial charge in [-0.2, -0.15) is 0 Å². The third-order valence-corrected chi connectivity index (χ3v) is 6.78. The van der Waals surface area contributed by atoms with Gasteiger partial charge < -0.3 is 10.1 Å². The van der Waals surface area contributed by atoms with Crippen LogP contribution < -0.4 is 14.8 Å². The second-order valence-corrected chi connectivity index (χ2v) is 9.51. The van der Waals surface area contributed by atoms with Gasteiger partial charge in [0, 0.05) is 29.2 Å². The van der Waals surface area contributed by atoms with Gasteiger partial charge in [-0.3, -0.25) is 19.5 Å². The Morgan fingerprint density at radius 3 is 2.37 bits per heavy atom. The van der Waals surface area contributed by atoms with Crippen molar-refractivity contribution in [2.45, 2.75) is 18.7 Å². The first-order valence-electron chi connectivity index (χ1n) is 10.7. The maximum atomic E-state index is 13.3. The zero-order chi connectivity index (χ0) is 25.0. The molecular formula is C26H24N4O4S. The van der Waals surface area contributed by atoms with Crippen molar-refractivity contribution in [3.05, 3.63) is 95.9 Å². The van der Waals surface area contributed by atoms with E-state index in [0.717, 1.165) is 16.7 Å². The summed E-state index contributed by atoms with van der Waals surface area (Å²) in [6, 6.07) is 16.9. The third-order valence-electron chi connectivity index (χ3n) is 5.41. The quantitative estimate of drug-likeness (QED) is 0.386. The molecule has 3 aromatic carbocycles. The Kier molecular flexibility index (Phi) is 6.79. The van der Waals surface area contributed by atoms with Crippen molar-refractivity contribution in [1.29, 1.82) is 0 Å². The predicted molar refractivity (Wildman–Crippen MR) is 135 cm³/mol. The maximum Gasteiger partial charge on any atom is 0.265 e. The number of aromatic nitrogens is 2. The molecule has 4 rings (SSSR count). The lowest BCUT2D eigenvalue weighted by atomic mass is 10.1. The van der Waals surface area contributed by atoms with E-state index in [2.05, 4.69) is 20.0 Å². The Morgan fingerprint density at radius 2 is 1.69 bits per heavy atom. The number of methoxy groups -OCH3 is 1. The number of hydrogen-bond donors (Lipinski definition) is 2. The van der Waals surface area contributed by atoms with Crippen LogP contribution in [0.5, 0.6) is 5.75 Å². The molecule has 0 saturated carbocycles. The lowest BCUT2D eigenvalue weighted by Gasteiger charge is -2.16. The number of nitrogens with one attached hydrogen (secondary N) is 2. The molecule has 178 valence electrons. The second-order valence-electron chi connectivity index (χ2n) is 7.86. The van der Waals surface area contributed by atoms with E-state index in [4.69, 9.17) is 4.74 Å². The van der Waals surface area contributed by atoms with E-state index in [1.807, 2.05) is 38.1 Å². The van der Waals surface area contributed by atoms with E-state index in [1.54, 1.807) is 42.9 Å². The first-order chi connectivity index (χ1) is 16.8. The van der Waals surface area contributed by atoms with Crippen molar-refractivity contribution in [2.75, 3.05) is 17.1 Å². The molecule has 4 aromatic rings. The highest BCUT2D eigenvalue weighted by atomic mass is 32.2. The van der Waals surface area contributed by atoms with E-state index in [0.29, 0.717) is 22.6 Å². The van der Waals surface area contributed by atoms with Crippen LogP contribution >= 0.6 is 0 Å². The number of amides is 1. The van der Waals surface area contributed by atoms with Crippen molar-refractivity contribution < 1.29 is 17.9 Å². The second kappa shape index (κ2) is 9.94. The number of sulfonamides is 1. The van der Waals surface area contributed by atoms with Gasteiger partial charge in [0.05, 0.1) is 24.7 Å². The van der Waals surface area contributed by atoms with Crippen LogP contribution in [-0.2, 0) is 10.0 Å². The fourth-order valence-corrected chi connectivity index (χ4v) is 5.00. The Balaban J connectivity index is 1.62.